The first-order chi connectivity index (χ1) is 18.1. The van der Waals surface area contributed by atoms with Crippen molar-refractivity contribution in [1.29, 1.82) is 0 Å². The number of fused-ring (bicyclic) bond motifs is 3. The zero-order valence-electron chi connectivity index (χ0n) is 20.3. The molecule has 4 heterocycles. The molecule has 178 valence electrons. The van der Waals surface area contributed by atoms with Crippen LogP contribution in [0.2, 0.25) is 0 Å². The Bertz CT molecular complexity index is 1620. The van der Waals surface area contributed by atoms with E-state index in [-0.39, 0.29) is 5.41 Å². The van der Waals surface area contributed by atoms with E-state index in [9.17, 15) is 0 Å². The Morgan fingerprint density at radius 2 is 1.03 bits per heavy atom. The summed E-state index contributed by atoms with van der Waals surface area (Å²) in [6.07, 6.45) is 3.75. The summed E-state index contributed by atoms with van der Waals surface area (Å²) in [7, 11) is 0. The number of pyridine rings is 2. The Balaban J connectivity index is 1.28. The molecule has 0 N–H and O–H groups in total. The summed E-state index contributed by atoms with van der Waals surface area (Å²) < 4.78 is 0. The molecule has 2 aromatic carbocycles. The summed E-state index contributed by atoms with van der Waals surface area (Å²) in [5.41, 5.74) is 14.9. The Kier molecular flexibility index (Phi) is 5.13. The molecule has 0 unspecified atom stereocenters. The molecule has 6 heteroatoms. The molecule has 0 amide bonds. The van der Waals surface area contributed by atoms with Crippen LogP contribution in [0.15, 0.2) is 96.2 Å². The van der Waals surface area contributed by atoms with E-state index in [1.165, 1.54) is 22.3 Å². The summed E-state index contributed by atoms with van der Waals surface area (Å²) in [5.74, 6) is 0. The monoisotopic (exact) mass is 514 g/mol. The molecule has 0 fully saturated rings. The Hall–Kier alpha value is -4.00. The van der Waals surface area contributed by atoms with Crippen LogP contribution in [0.25, 0.3) is 54.8 Å². The zero-order chi connectivity index (χ0) is 25.0. The van der Waals surface area contributed by atoms with Gasteiger partial charge in [0.25, 0.3) is 0 Å². The number of hydrogen-bond donors (Lipinski definition) is 0. The van der Waals surface area contributed by atoms with Crippen molar-refractivity contribution < 1.29 is 0 Å². The van der Waals surface area contributed by atoms with Gasteiger partial charge in [0.05, 0.1) is 43.6 Å². The summed E-state index contributed by atoms with van der Waals surface area (Å²) in [6.45, 7) is 4.63. The van der Waals surface area contributed by atoms with Crippen LogP contribution in [-0.4, -0.2) is 19.9 Å². The zero-order valence-corrected chi connectivity index (χ0v) is 22.0. The van der Waals surface area contributed by atoms with Crippen molar-refractivity contribution in [3.63, 3.8) is 0 Å². The Labute approximate surface area is 223 Å². The normalized spacial score (nSPS) is 13.4. The van der Waals surface area contributed by atoms with E-state index in [2.05, 4.69) is 84.5 Å². The Morgan fingerprint density at radius 3 is 1.46 bits per heavy atom. The first-order valence-corrected chi connectivity index (χ1v) is 13.9. The minimum atomic E-state index is -0.138. The Morgan fingerprint density at radius 1 is 0.568 bits per heavy atom. The summed E-state index contributed by atoms with van der Waals surface area (Å²) in [6, 6.07) is 25.9. The maximum absolute atomic E-state index is 4.95. The third-order valence-electron chi connectivity index (χ3n) is 7.14. The molecule has 1 aliphatic carbocycles. The van der Waals surface area contributed by atoms with E-state index in [0.717, 1.165) is 43.7 Å². The summed E-state index contributed by atoms with van der Waals surface area (Å²) in [4.78, 5) is 20.5. The quantitative estimate of drug-likeness (QED) is 0.237. The maximum atomic E-state index is 4.95. The fourth-order valence-electron chi connectivity index (χ4n) is 5.21. The van der Waals surface area contributed by atoms with Crippen LogP contribution >= 0.6 is 22.7 Å². The first kappa shape index (κ1) is 22.2. The van der Waals surface area contributed by atoms with Crippen molar-refractivity contribution in [3.05, 3.63) is 107 Å². The highest BCUT2D eigenvalue weighted by atomic mass is 32.1. The average molecular weight is 515 g/mol. The van der Waals surface area contributed by atoms with Crippen LogP contribution < -0.4 is 0 Å². The molecule has 0 radical (unpaired) electrons. The molecule has 0 bridgehead atoms. The van der Waals surface area contributed by atoms with Gasteiger partial charge in [-0.15, -0.1) is 22.7 Å². The molecule has 0 saturated heterocycles. The largest absolute Gasteiger partial charge is 0.252 e. The maximum Gasteiger partial charge on any atom is 0.0825 e. The minimum absolute atomic E-state index is 0.138. The minimum Gasteiger partial charge on any atom is -0.252 e. The van der Waals surface area contributed by atoms with Crippen LogP contribution in [0, 0.1) is 0 Å². The van der Waals surface area contributed by atoms with Crippen molar-refractivity contribution in [2.75, 3.05) is 0 Å². The van der Waals surface area contributed by atoms with E-state index in [4.69, 9.17) is 9.97 Å². The lowest BCUT2D eigenvalue weighted by Gasteiger charge is -2.22. The SMILES string of the molecule is CC1(C)c2cc(-c3cccc(-c4cncs4)n3)ccc2-c2ccc(-c3cccc(-c4cncs4)n3)cc21. The summed E-state index contributed by atoms with van der Waals surface area (Å²) in [5, 5.41) is 0. The van der Waals surface area contributed by atoms with Crippen molar-refractivity contribution in [2.24, 2.45) is 0 Å². The van der Waals surface area contributed by atoms with Gasteiger partial charge in [-0.3, -0.25) is 9.97 Å². The second-order valence-electron chi connectivity index (χ2n) is 9.69. The van der Waals surface area contributed by atoms with Crippen molar-refractivity contribution >= 4 is 22.7 Å². The van der Waals surface area contributed by atoms with E-state index in [0.29, 0.717) is 0 Å². The number of benzene rings is 2. The van der Waals surface area contributed by atoms with Gasteiger partial charge in [0.2, 0.25) is 0 Å². The van der Waals surface area contributed by atoms with Crippen LogP contribution in [0.4, 0.5) is 0 Å². The predicted molar refractivity (Wildman–Crippen MR) is 153 cm³/mol. The fourth-order valence-corrected chi connectivity index (χ4v) is 6.39. The van der Waals surface area contributed by atoms with E-state index >= 15 is 0 Å². The van der Waals surface area contributed by atoms with Gasteiger partial charge in [0.15, 0.2) is 0 Å². The second kappa shape index (κ2) is 8.54. The molecule has 6 aromatic rings. The van der Waals surface area contributed by atoms with Crippen LogP contribution in [0.5, 0.6) is 0 Å². The molecule has 4 nitrogen and oxygen atoms in total. The van der Waals surface area contributed by atoms with E-state index in [1.807, 2.05) is 35.5 Å². The molecule has 0 saturated carbocycles. The molecule has 0 spiro atoms. The van der Waals surface area contributed by atoms with E-state index in [1.54, 1.807) is 22.7 Å². The molecule has 0 atom stereocenters. The van der Waals surface area contributed by atoms with Gasteiger partial charge in [-0.05, 0) is 58.7 Å². The van der Waals surface area contributed by atoms with Crippen LogP contribution in [-0.2, 0) is 5.41 Å². The highest BCUT2D eigenvalue weighted by Gasteiger charge is 2.36. The van der Waals surface area contributed by atoms with Gasteiger partial charge in [-0.1, -0.05) is 50.2 Å². The lowest BCUT2D eigenvalue weighted by atomic mass is 9.81. The van der Waals surface area contributed by atoms with Gasteiger partial charge in [-0.25, -0.2) is 9.97 Å². The van der Waals surface area contributed by atoms with Gasteiger partial charge < -0.3 is 0 Å². The lowest BCUT2D eigenvalue weighted by Crippen LogP contribution is -2.15. The smallest absolute Gasteiger partial charge is 0.0825 e. The van der Waals surface area contributed by atoms with Gasteiger partial charge in [0, 0.05) is 28.9 Å². The molecular weight excluding hydrogens is 493 g/mol. The van der Waals surface area contributed by atoms with Crippen LogP contribution in [0.1, 0.15) is 25.0 Å². The summed E-state index contributed by atoms with van der Waals surface area (Å²) >= 11 is 3.22. The third kappa shape index (κ3) is 3.72. The van der Waals surface area contributed by atoms with Crippen LogP contribution in [0.3, 0.4) is 0 Å². The van der Waals surface area contributed by atoms with Crippen molar-refractivity contribution in [2.45, 2.75) is 19.3 Å². The second-order valence-corrected chi connectivity index (χ2v) is 11.5. The fraction of sp³-hybridized carbons (Fsp3) is 0.0968. The highest BCUT2D eigenvalue weighted by molar-refractivity contribution is 7.13. The van der Waals surface area contributed by atoms with Gasteiger partial charge >= 0.3 is 0 Å². The van der Waals surface area contributed by atoms with Crippen molar-refractivity contribution in [3.8, 4) is 54.8 Å². The molecule has 7 rings (SSSR count). The number of nitrogens with zero attached hydrogens (tertiary/aromatic N) is 4. The topological polar surface area (TPSA) is 51.6 Å². The van der Waals surface area contributed by atoms with E-state index < -0.39 is 0 Å². The molecule has 37 heavy (non-hydrogen) atoms. The average Bonchev–Trinajstić information content (AvgIpc) is 3.71. The standard InChI is InChI=1S/C31H22N4S2/c1-31(2)23-13-19(25-5-3-7-27(34-25)29-15-32-17-36-29)9-11-21(23)22-12-10-20(14-24(22)31)26-6-4-8-28(35-26)30-16-33-18-37-30/h3-18H,1-2H3. The third-order valence-corrected chi connectivity index (χ3v) is 8.73. The molecule has 0 aliphatic heterocycles. The highest BCUT2D eigenvalue weighted by Crippen LogP contribution is 2.50. The number of hydrogen-bond acceptors (Lipinski definition) is 6. The molecule has 1 aliphatic rings. The number of aromatic nitrogens is 4. The number of thiazole rings is 2. The lowest BCUT2D eigenvalue weighted by molar-refractivity contribution is 0.661. The van der Waals surface area contributed by atoms with Crippen molar-refractivity contribution in [1.82, 2.24) is 19.9 Å². The predicted octanol–water partition coefficient (Wildman–Crippen LogP) is 8.36. The number of rotatable bonds is 4. The molecular formula is C31H22N4S2. The molecule has 4 aromatic heterocycles. The van der Waals surface area contributed by atoms with Gasteiger partial charge in [-0.2, -0.15) is 0 Å². The van der Waals surface area contributed by atoms with Gasteiger partial charge in [0.1, 0.15) is 0 Å². The first-order valence-electron chi connectivity index (χ1n) is 12.1.